The minimum Gasteiger partial charge on any atom is -0.380 e. The van der Waals surface area contributed by atoms with Gasteiger partial charge in [-0.25, -0.2) is 0 Å². The van der Waals surface area contributed by atoms with E-state index in [-0.39, 0.29) is 12.3 Å². The van der Waals surface area contributed by atoms with E-state index in [1.54, 1.807) is 11.3 Å². The van der Waals surface area contributed by atoms with Crippen molar-refractivity contribution in [3.8, 4) is 0 Å². The molecular formula is C19H21ClN2O2S2. The van der Waals surface area contributed by atoms with Crippen LogP contribution in [0.15, 0.2) is 29.3 Å². The van der Waals surface area contributed by atoms with Crippen molar-refractivity contribution in [2.24, 2.45) is 4.99 Å². The molecule has 0 aliphatic heterocycles. The topological polar surface area (TPSA) is 43.6 Å². The second-order valence-corrected chi connectivity index (χ2v) is 8.83. The van der Waals surface area contributed by atoms with E-state index in [4.69, 9.17) is 16.3 Å². The molecule has 0 saturated heterocycles. The Kier molecular flexibility index (Phi) is 6.29. The summed E-state index contributed by atoms with van der Waals surface area (Å²) in [5.41, 5.74) is 3.51. The summed E-state index contributed by atoms with van der Waals surface area (Å²) < 4.78 is 9.46. The molecule has 1 aromatic carbocycles. The van der Waals surface area contributed by atoms with E-state index in [0.717, 1.165) is 19.9 Å². The quantitative estimate of drug-likeness (QED) is 0.553. The number of fused-ring (bicyclic) bond motifs is 1. The number of benzene rings is 1. The third kappa shape index (κ3) is 4.43. The number of rotatable bonds is 6. The number of carbonyl (C=O) groups is 1. The average molecular weight is 409 g/mol. The molecule has 7 heteroatoms. The van der Waals surface area contributed by atoms with Gasteiger partial charge in [-0.15, -0.1) is 11.3 Å². The van der Waals surface area contributed by atoms with Crippen molar-refractivity contribution in [1.82, 2.24) is 4.57 Å². The van der Waals surface area contributed by atoms with Crippen LogP contribution in [0, 0.1) is 13.8 Å². The molecule has 138 valence electrons. The number of hydrogen-bond donors (Lipinski definition) is 0. The van der Waals surface area contributed by atoms with Gasteiger partial charge in [0.1, 0.15) is 0 Å². The summed E-state index contributed by atoms with van der Waals surface area (Å²) in [5, 5.41) is 0. The van der Waals surface area contributed by atoms with Gasteiger partial charge in [0.05, 0.1) is 27.6 Å². The van der Waals surface area contributed by atoms with Crippen molar-refractivity contribution in [1.29, 1.82) is 0 Å². The van der Waals surface area contributed by atoms with E-state index < -0.39 is 0 Å². The van der Waals surface area contributed by atoms with Crippen LogP contribution in [-0.4, -0.2) is 23.7 Å². The van der Waals surface area contributed by atoms with E-state index in [0.29, 0.717) is 24.1 Å². The molecule has 0 bridgehead atoms. The molecule has 3 rings (SSSR count). The predicted molar refractivity (Wildman–Crippen MR) is 109 cm³/mol. The fourth-order valence-corrected chi connectivity index (χ4v) is 5.06. The molecule has 1 amide bonds. The monoisotopic (exact) mass is 408 g/mol. The summed E-state index contributed by atoms with van der Waals surface area (Å²) in [4.78, 5) is 18.5. The van der Waals surface area contributed by atoms with Crippen LogP contribution in [0.1, 0.15) is 22.9 Å². The van der Waals surface area contributed by atoms with Crippen LogP contribution in [0.4, 0.5) is 0 Å². The summed E-state index contributed by atoms with van der Waals surface area (Å²) in [7, 11) is 0. The van der Waals surface area contributed by atoms with Gasteiger partial charge in [0.25, 0.3) is 5.91 Å². The Hall–Kier alpha value is -1.47. The maximum absolute atomic E-state index is 12.5. The van der Waals surface area contributed by atoms with E-state index in [9.17, 15) is 4.79 Å². The number of halogens is 1. The first kappa shape index (κ1) is 19.3. The van der Waals surface area contributed by atoms with E-state index in [1.165, 1.54) is 22.5 Å². The summed E-state index contributed by atoms with van der Waals surface area (Å²) in [5.74, 6) is -0.158. The zero-order chi connectivity index (χ0) is 18.7. The predicted octanol–water partition coefficient (Wildman–Crippen LogP) is 4.74. The van der Waals surface area contributed by atoms with Gasteiger partial charge in [-0.05, 0) is 50.1 Å². The largest absolute Gasteiger partial charge is 0.380 e. The van der Waals surface area contributed by atoms with Crippen molar-refractivity contribution in [3.05, 3.63) is 49.4 Å². The molecule has 0 radical (unpaired) electrons. The number of thiazole rings is 1. The molecule has 0 N–H and O–H groups in total. The lowest BCUT2D eigenvalue weighted by molar-refractivity contribution is -0.117. The van der Waals surface area contributed by atoms with Crippen molar-refractivity contribution >= 4 is 50.4 Å². The van der Waals surface area contributed by atoms with Crippen LogP contribution in [-0.2, 0) is 22.5 Å². The van der Waals surface area contributed by atoms with Crippen molar-refractivity contribution in [2.75, 3.05) is 13.2 Å². The van der Waals surface area contributed by atoms with Crippen molar-refractivity contribution < 1.29 is 9.53 Å². The molecule has 0 aliphatic rings. The fraction of sp³-hybridized carbons (Fsp3) is 0.368. The van der Waals surface area contributed by atoms with Gasteiger partial charge >= 0.3 is 0 Å². The number of nitrogens with zero attached hydrogens (tertiary/aromatic N) is 2. The molecule has 2 aromatic heterocycles. The Morgan fingerprint density at radius 3 is 2.77 bits per heavy atom. The number of amides is 1. The number of aryl methyl sites for hydroxylation is 2. The zero-order valence-corrected chi connectivity index (χ0v) is 17.4. The first-order valence-electron chi connectivity index (χ1n) is 8.48. The standard InChI is InChI=1S/C19H21ClN2O2S2/c1-4-24-8-7-22-15-10-12(2)9-13(3)18(15)26-19(22)21-17(23)11-14-5-6-16(20)25-14/h5-6,9-10H,4,7-8,11H2,1-3H3. The summed E-state index contributed by atoms with van der Waals surface area (Å²) in [6.07, 6.45) is 0.273. The number of hydrogen-bond acceptors (Lipinski definition) is 4. The van der Waals surface area contributed by atoms with Gasteiger partial charge in [-0.3, -0.25) is 4.79 Å². The van der Waals surface area contributed by atoms with Gasteiger partial charge in [0.15, 0.2) is 4.80 Å². The van der Waals surface area contributed by atoms with Crippen LogP contribution in [0.25, 0.3) is 10.2 Å². The van der Waals surface area contributed by atoms with Crippen LogP contribution in [0.2, 0.25) is 4.34 Å². The molecular weight excluding hydrogens is 388 g/mol. The summed E-state index contributed by atoms with van der Waals surface area (Å²) in [6, 6.07) is 7.99. The van der Waals surface area contributed by atoms with Gasteiger partial charge in [0.2, 0.25) is 0 Å². The first-order chi connectivity index (χ1) is 12.5. The number of ether oxygens (including phenoxy) is 1. The maximum Gasteiger partial charge on any atom is 0.253 e. The Balaban J connectivity index is 2.00. The van der Waals surface area contributed by atoms with Crippen molar-refractivity contribution in [3.63, 3.8) is 0 Å². The van der Waals surface area contributed by atoms with Crippen molar-refractivity contribution in [2.45, 2.75) is 33.7 Å². The lowest BCUT2D eigenvalue weighted by Crippen LogP contribution is -2.20. The van der Waals surface area contributed by atoms with Crippen LogP contribution < -0.4 is 4.80 Å². The summed E-state index contributed by atoms with van der Waals surface area (Å²) in [6.45, 7) is 8.10. The highest BCUT2D eigenvalue weighted by Gasteiger charge is 2.11. The molecule has 0 aliphatic carbocycles. The van der Waals surface area contributed by atoms with Crippen LogP contribution >= 0.6 is 34.3 Å². The van der Waals surface area contributed by atoms with Gasteiger partial charge in [-0.1, -0.05) is 29.0 Å². The summed E-state index contributed by atoms with van der Waals surface area (Å²) >= 11 is 8.92. The average Bonchev–Trinajstić information content (AvgIpc) is 3.12. The van der Waals surface area contributed by atoms with Gasteiger partial charge in [-0.2, -0.15) is 4.99 Å². The lowest BCUT2D eigenvalue weighted by atomic mass is 10.1. The molecule has 2 heterocycles. The zero-order valence-electron chi connectivity index (χ0n) is 15.0. The highest BCUT2D eigenvalue weighted by Crippen LogP contribution is 2.24. The molecule has 26 heavy (non-hydrogen) atoms. The molecule has 0 atom stereocenters. The third-order valence-electron chi connectivity index (χ3n) is 3.95. The fourth-order valence-electron chi connectivity index (χ4n) is 2.86. The molecule has 3 aromatic rings. The van der Waals surface area contributed by atoms with E-state index >= 15 is 0 Å². The first-order valence-corrected chi connectivity index (χ1v) is 10.5. The minimum atomic E-state index is -0.158. The number of aromatic nitrogens is 1. The van der Waals surface area contributed by atoms with Crippen LogP contribution in [0.3, 0.4) is 0 Å². The second-order valence-electron chi connectivity index (χ2n) is 6.05. The Morgan fingerprint density at radius 2 is 2.08 bits per heavy atom. The smallest absolute Gasteiger partial charge is 0.253 e. The Labute approximate surface area is 165 Å². The second kappa shape index (κ2) is 8.48. The molecule has 4 nitrogen and oxygen atoms in total. The van der Waals surface area contributed by atoms with E-state index in [2.05, 4.69) is 35.5 Å². The number of thiophene rings is 1. The Morgan fingerprint density at radius 1 is 1.27 bits per heavy atom. The molecule has 0 spiro atoms. The Bertz CT molecular complexity index is 1000. The highest BCUT2D eigenvalue weighted by atomic mass is 35.5. The third-order valence-corrected chi connectivity index (χ3v) is 6.41. The lowest BCUT2D eigenvalue weighted by Gasteiger charge is -2.06. The highest BCUT2D eigenvalue weighted by molar-refractivity contribution is 7.16. The van der Waals surface area contributed by atoms with Gasteiger partial charge < -0.3 is 9.30 Å². The minimum absolute atomic E-state index is 0.158. The van der Waals surface area contributed by atoms with E-state index in [1.807, 2.05) is 19.1 Å². The van der Waals surface area contributed by atoms with Gasteiger partial charge in [0, 0.05) is 18.0 Å². The molecule has 0 saturated carbocycles. The normalized spacial score (nSPS) is 12.2. The molecule has 0 unspecified atom stereocenters. The molecule has 0 fully saturated rings. The number of carbonyl (C=O) groups excluding carboxylic acids is 1. The maximum atomic E-state index is 12.5. The van der Waals surface area contributed by atoms with Crippen LogP contribution in [0.5, 0.6) is 0 Å². The SMILES string of the molecule is CCOCCn1c(=NC(=O)Cc2ccc(Cl)s2)sc2c(C)cc(C)cc21.